The molecule has 0 aromatic heterocycles. The van der Waals surface area contributed by atoms with E-state index in [1.807, 2.05) is 36.4 Å². The van der Waals surface area contributed by atoms with E-state index >= 15 is 0 Å². The molecule has 6 nitrogen and oxygen atoms in total. The summed E-state index contributed by atoms with van der Waals surface area (Å²) < 4.78 is 5.98. The van der Waals surface area contributed by atoms with Gasteiger partial charge >= 0.3 is 6.03 Å². The predicted molar refractivity (Wildman–Crippen MR) is 130 cm³/mol. The molecule has 2 aliphatic rings. The predicted octanol–water partition coefficient (Wildman–Crippen LogP) is 5.21. The van der Waals surface area contributed by atoms with Crippen LogP contribution in [0.25, 0.3) is 16.8 Å². The molecule has 1 aliphatic heterocycles. The number of fused-ring (bicyclic) bond motifs is 1. The Morgan fingerprint density at radius 2 is 1.62 bits per heavy atom. The van der Waals surface area contributed by atoms with Gasteiger partial charge in [0.05, 0.1) is 0 Å². The lowest BCUT2D eigenvalue weighted by atomic mass is 9.93. The number of rotatable bonds is 5. The maximum Gasteiger partial charge on any atom is 0.331 e. The first kappa shape index (κ1) is 21.9. The third kappa shape index (κ3) is 4.44. The molecule has 6 heteroatoms. The smallest absolute Gasteiger partial charge is 0.331 e. The standard InChI is InChI=1S/C28H26N2O4/c31-26-25(27(32)30(28(33)29-26)22-10-2-1-3-11-22)17-19-13-15-23(16-14-19)34-18-21-9-6-8-20-7-4-5-12-24(20)21/h4-9,12-17,22H,1-3,10-11,18H2,(H,29,31,33). The van der Waals surface area contributed by atoms with Crippen molar-refractivity contribution in [2.45, 2.75) is 44.8 Å². The minimum Gasteiger partial charge on any atom is -0.489 e. The average molecular weight is 455 g/mol. The molecule has 1 saturated heterocycles. The van der Waals surface area contributed by atoms with Crippen molar-refractivity contribution in [3.63, 3.8) is 0 Å². The van der Waals surface area contributed by atoms with Gasteiger partial charge in [-0.05, 0) is 52.9 Å². The number of benzene rings is 3. The van der Waals surface area contributed by atoms with Crippen LogP contribution in [0.2, 0.25) is 0 Å². The number of barbiturate groups is 1. The van der Waals surface area contributed by atoms with Crippen molar-refractivity contribution in [2.24, 2.45) is 0 Å². The zero-order valence-electron chi connectivity index (χ0n) is 18.8. The molecule has 4 amide bonds. The van der Waals surface area contributed by atoms with Gasteiger partial charge < -0.3 is 4.74 Å². The van der Waals surface area contributed by atoms with Gasteiger partial charge in [0, 0.05) is 6.04 Å². The molecule has 0 bridgehead atoms. The molecule has 0 unspecified atom stereocenters. The largest absolute Gasteiger partial charge is 0.489 e. The number of carbonyl (C=O) groups excluding carboxylic acids is 3. The second kappa shape index (κ2) is 9.51. The molecular formula is C28H26N2O4. The van der Waals surface area contributed by atoms with Crippen LogP contribution in [0.4, 0.5) is 4.79 Å². The lowest BCUT2D eigenvalue weighted by molar-refractivity contribution is -0.132. The number of hydrogen-bond acceptors (Lipinski definition) is 4. The van der Waals surface area contributed by atoms with Gasteiger partial charge in [-0.3, -0.25) is 19.8 Å². The maximum atomic E-state index is 13.0. The highest BCUT2D eigenvalue weighted by Crippen LogP contribution is 2.27. The first-order chi connectivity index (χ1) is 16.6. The van der Waals surface area contributed by atoms with Crippen LogP contribution >= 0.6 is 0 Å². The first-order valence-corrected chi connectivity index (χ1v) is 11.7. The van der Waals surface area contributed by atoms with Gasteiger partial charge in [-0.15, -0.1) is 0 Å². The van der Waals surface area contributed by atoms with Crippen molar-refractivity contribution in [1.82, 2.24) is 10.2 Å². The summed E-state index contributed by atoms with van der Waals surface area (Å²) in [5, 5.41) is 4.65. The second-order valence-electron chi connectivity index (χ2n) is 8.78. The van der Waals surface area contributed by atoms with Gasteiger partial charge in [-0.1, -0.05) is 73.9 Å². The lowest BCUT2D eigenvalue weighted by Crippen LogP contribution is -2.58. The summed E-state index contributed by atoms with van der Waals surface area (Å²) in [5.41, 5.74) is 1.77. The second-order valence-corrected chi connectivity index (χ2v) is 8.78. The van der Waals surface area contributed by atoms with E-state index in [1.165, 1.54) is 16.4 Å². The van der Waals surface area contributed by atoms with Crippen LogP contribution < -0.4 is 10.1 Å². The zero-order chi connectivity index (χ0) is 23.5. The van der Waals surface area contributed by atoms with Crippen LogP contribution in [0.5, 0.6) is 5.75 Å². The van der Waals surface area contributed by atoms with Crippen LogP contribution in [-0.2, 0) is 16.2 Å². The molecule has 3 aromatic carbocycles. The van der Waals surface area contributed by atoms with Crippen LogP contribution in [-0.4, -0.2) is 28.8 Å². The summed E-state index contributed by atoms with van der Waals surface area (Å²) in [6, 6.07) is 20.8. The summed E-state index contributed by atoms with van der Waals surface area (Å²) >= 11 is 0. The van der Waals surface area contributed by atoms with Gasteiger partial charge in [0.25, 0.3) is 11.8 Å². The maximum absolute atomic E-state index is 13.0. The molecule has 1 N–H and O–H groups in total. The Morgan fingerprint density at radius 1 is 0.882 bits per heavy atom. The number of hydrogen-bond donors (Lipinski definition) is 1. The van der Waals surface area contributed by atoms with Gasteiger partial charge in [-0.2, -0.15) is 0 Å². The Hall–Kier alpha value is -3.93. The van der Waals surface area contributed by atoms with E-state index in [0.29, 0.717) is 17.9 Å². The SMILES string of the molecule is O=C1NC(=O)N(C2CCCCC2)C(=O)C1=Cc1ccc(OCc2cccc3ccccc23)cc1. The van der Waals surface area contributed by atoms with E-state index in [4.69, 9.17) is 4.74 Å². The molecule has 172 valence electrons. The highest BCUT2D eigenvalue weighted by Gasteiger charge is 2.40. The Balaban J connectivity index is 1.30. The van der Waals surface area contributed by atoms with Crippen molar-refractivity contribution in [3.8, 4) is 5.75 Å². The minimum absolute atomic E-state index is 0.0189. The number of carbonyl (C=O) groups is 3. The molecule has 2 fully saturated rings. The number of imide groups is 2. The van der Waals surface area contributed by atoms with Crippen LogP contribution in [0.3, 0.4) is 0 Å². The topological polar surface area (TPSA) is 75.7 Å². The summed E-state index contributed by atoms with van der Waals surface area (Å²) in [6.45, 7) is 0.432. The summed E-state index contributed by atoms with van der Waals surface area (Å²) in [6.07, 6.45) is 6.17. The molecule has 5 rings (SSSR count). The fourth-order valence-electron chi connectivity index (χ4n) is 4.75. The highest BCUT2D eigenvalue weighted by atomic mass is 16.5. The Bertz CT molecular complexity index is 1270. The van der Waals surface area contributed by atoms with Gasteiger partial charge in [0.2, 0.25) is 0 Å². The van der Waals surface area contributed by atoms with E-state index in [2.05, 4.69) is 23.5 Å². The van der Waals surface area contributed by atoms with Crippen molar-refractivity contribution in [2.75, 3.05) is 0 Å². The highest BCUT2D eigenvalue weighted by molar-refractivity contribution is 6.31. The number of nitrogens with zero attached hydrogens (tertiary/aromatic N) is 1. The fraction of sp³-hybridized carbons (Fsp3) is 0.250. The molecular weight excluding hydrogens is 428 g/mol. The minimum atomic E-state index is -0.654. The van der Waals surface area contributed by atoms with Gasteiger partial charge in [0.1, 0.15) is 17.9 Å². The summed E-state index contributed by atoms with van der Waals surface area (Å²) in [5.74, 6) is -0.483. The number of nitrogens with one attached hydrogen (secondary N) is 1. The van der Waals surface area contributed by atoms with E-state index in [-0.39, 0.29) is 11.6 Å². The Labute approximate surface area is 198 Å². The monoisotopic (exact) mass is 454 g/mol. The third-order valence-corrected chi connectivity index (χ3v) is 6.54. The summed E-state index contributed by atoms with van der Waals surface area (Å²) in [7, 11) is 0. The van der Waals surface area contributed by atoms with Crippen molar-refractivity contribution >= 4 is 34.7 Å². The summed E-state index contributed by atoms with van der Waals surface area (Å²) in [4.78, 5) is 39.0. The van der Waals surface area contributed by atoms with E-state index in [9.17, 15) is 14.4 Å². The molecule has 3 aromatic rings. The van der Waals surface area contributed by atoms with Gasteiger partial charge in [0.15, 0.2) is 0 Å². The molecule has 1 saturated carbocycles. The molecule has 1 aliphatic carbocycles. The molecule has 0 radical (unpaired) electrons. The Morgan fingerprint density at radius 3 is 2.41 bits per heavy atom. The number of urea groups is 1. The fourth-order valence-corrected chi connectivity index (χ4v) is 4.75. The molecule has 34 heavy (non-hydrogen) atoms. The van der Waals surface area contributed by atoms with Crippen molar-refractivity contribution in [3.05, 3.63) is 83.4 Å². The number of amides is 4. The third-order valence-electron chi connectivity index (χ3n) is 6.54. The van der Waals surface area contributed by atoms with Gasteiger partial charge in [-0.25, -0.2) is 4.79 Å². The Kier molecular flexibility index (Phi) is 6.12. The van der Waals surface area contributed by atoms with E-state index in [1.54, 1.807) is 12.1 Å². The molecule has 0 atom stereocenters. The molecule has 1 heterocycles. The zero-order valence-corrected chi connectivity index (χ0v) is 18.8. The van der Waals surface area contributed by atoms with Crippen molar-refractivity contribution in [1.29, 1.82) is 0 Å². The van der Waals surface area contributed by atoms with Crippen LogP contribution in [0.1, 0.15) is 43.2 Å². The number of ether oxygens (including phenoxy) is 1. The lowest BCUT2D eigenvalue weighted by Gasteiger charge is -2.35. The van der Waals surface area contributed by atoms with Crippen LogP contribution in [0, 0.1) is 0 Å². The van der Waals surface area contributed by atoms with E-state index in [0.717, 1.165) is 43.1 Å². The molecule has 0 spiro atoms. The van der Waals surface area contributed by atoms with Crippen LogP contribution in [0.15, 0.2) is 72.3 Å². The van der Waals surface area contributed by atoms with Crippen molar-refractivity contribution < 1.29 is 19.1 Å². The average Bonchev–Trinajstić information content (AvgIpc) is 2.86. The quantitative estimate of drug-likeness (QED) is 0.424. The van der Waals surface area contributed by atoms with E-state index < -0.39 is 17.8 Å². The normalized spacial score (nSPS) is 18.4. The first-order valence-electron chi connectivity index (χ1n) is 11.7.